The molecule has 0 atom stereocenters. The van der Waals surface area contributed by atoms with Crippen molar-refractivity contribution in [2.45, 2.75) is 20.0 Å². The molecule has 3 aromatic rings. The van der Waals surface area contributed by atoms with Gasteiger partial charge >= 0.3 is 0 Å². The Kier molecular flexibility index (Phi) is 4.71. The maximum Gasteiger partial charge on any atom is 0.188 e. The Labute approximate surface area is 141 Å². The summed E-state index contributed by atoms with van der Waals surface area (Å²) in [6.07, 6.45) is 5.24. The second-order valence-electron chi connectivity index (χ2n) is 5.81. The molecule has 120 valence electrons. The highest BCUT2D eigenvalue weighted by atomic mass is 16.5. The van der Waals surface area contributed by atoms with E-state index in [1.54, 1.807) is 12.3 Å². The number of benzene rings is 2. The van der Waals surface area contributed by atoms with E-state index in [4.69, 9.17) is 4.74 Å². The molecule has 3 rings (SSSR count). The van der Waals surface area contributed by atoms with Gasteiger partial charge in [0.2, 0.25) is 0 Å². The second kappa shape index (κ2) is 7.09. The molecule has 2 aromatic carbocycles. The molecule has 1 heterocycles. The molecular formula is C21H19NO2. The van der Waals surface area contributed by atoms with Crippen molar-refractivity contribution in [2.75, 3.05) is 0 Å². The lowest BCUT2D eigenvalue weighted by Gasteiger charge is -2.09. The Morgan fingerprint density at radius 3 is 2.54 bits per heavy atom. The molecule has 0 aliphatic heterocycles. The van der Waals surface area contributed by atoms with Gasteiger partial charge in [0.05, 0.1) is 11.6 Å². The van der Waals surface area contributed by atoms with Crippen LogP contribution in [0.15, 0.2) is 66.9 Å². The van der Waals surface area contributed by atoms with Crippen LogP contribution in [0.25, 0.3) is 17.0 Å². The molecule has 1 aromatic heterocycles. The van der Waals surface area contributed by atoms with E-state index in [1.165, 1.54) is 0 Å². The number of ketones is 1. The number of para-hydroxylation sites is 1. The Hall–Kier alpha value is -2.94. The number of aromatic nitrogens is 1. The third kappa shape index (κ3) is 3.69. The fourth-order valence-corrected chi connectivity index (χ4v) is 2.49. The summed E-state index contributed by atoms with van der Waals surface area (Å²) in [7, 11) is 0. The Bertz CT molecular complexity index is 874. The van der Waals surface area contributed by atoms with Crippen molar-refractivity contribution in [1.82, 2.24) is 4.98 Å². The molecule has 0 radical (unpaired) electrons. The highest BCUT2D eigenvalue weighted by Gasteiger charge is 2.07. The fraction of sp³-hybridized carbons (Fsp3) is 0.143. The monoisotopic (exact) mass is 317 g/mol. The van der Waals surface area contributed by atoms with Crippen LogP contribution in [0, 0.1) is 0 Å². The normalized spacial score (nSPS) is 11.3. The summed E-state index contributed by atoms with van der Waals surface area (Å²) in [6, 6.07) is 17.1. The fourth-order valence-electron chi connectivity index (χ4n) is 2.49. The Morgan fingerprint density at radius 2 is 1.79 bits per heavy atom. The molecule has 0 fully saturated rings. The number of ether oxygens (including phenoxy) is 1. The van der Waals surface area contributed by atoms with Gasteiger partial charge in [-0.05, 0) is 49.8 Å². The van der Waals surface area contributed by atoms with Crippen molar-refractivity contribution in [2.24, 2.45) is 0 Å². The van der Waals surface area contributed by atoms with Gasteiger partial charge in [-0.15, -0.1) is 0 Å². The van der Waals surface area contributed by atoms with Gasteiger partial charge in [-0.3, -0.25) is 9.78 Å². The van der Waals surface area contributed by atoms with Crippen LogP contribution in [0.1, 0.15) is 29.8 Å². The van der Waals surface area contributed by atoms with E-state index in [-0.39, 0.29) is 11.9 Å². The van der Waals surface area contributed by atoms with Crippen molar-refractivity contribution >= 4 is 22.8 Å². The quantitative estimate of drug-likeness (QED) is 0.495. The van der Waals surface area contributed by atoms with Gasteiger partial charge in [0, 0.05) is 17.1 Å². The molecule has 0 saturated heterocycles. The van der Waals surface area contributed by atoms with E-state index in [2.05, 4.69) is 4.98 Å². The highest BCUT2D eigenvalue weighted by Crippen LogP contribution is 2.18. The number of carbonyl (C=O) groups is 1. The van der Waals surface area contributed by atoms with E-state index >= 15 is 0 Å². The molecule has 0 saturated carbocycles. The first-order chi connectivity index (χ1) is 11.6. The van der Waals surface area contributed by atoms with Crippen LogP contribution in [0.2, 0.25) is 0 Å². The van der Waals surface area contributed by atoms with Crippen LogP contribution in [-0.2, 0) is 0 Å². The minimum Gasteiger partial charge on any atom is -0.491 e. The minimum absolute atomic E-state index is 0.0539. The summed E-state index contributed by atoms with van der Waals surface area (Å²) in [4.78, 5) is 16.8. The van der Waals surface area contributed by atoms with Crippen LogP contribution >= 0.6 is 0 Å². The van der Waals surface area contributed by atoms with Crippen molar-refractivity contribution in [3.8, 4) is 5.75 Å². The predicted molar refractivity (Wildman–Crippen MR) is 97.3 cm³/mol. The summed E-state index contributed by atoms with van der Waals surface area (Å²) < 4.78 is 5.61. The number of hydrogen-bond donors (Lipinski definition) is 0. The van der Waals surface area contributed by atoms with Crippen molar-refractivity contribution in [3.05, 3.63) is 78.0 Å². The molecule has 0 bridgehead atoms. The third-order valence-corrected chi connectivity index (χ3v) is 3.58. The molecule has 0 spiro atoms. The van der Waals surface area contributed by atoms with Gasteiger partial charge in [-0.25, -0.2) is 0 Å². The smallest absolute Gasteiger partial charge is 0.188 e. The summed E-state index contributed by atoms with van der Waals surface area (Å²) in [6.45, 7) is 3.98. The van der Waals surface area contributed by atoms with Gasteiger partial charge in [0.1, 0.15) is 5.75 Å². The molecule has 0 unspecified atom stereocenters. The topological polar surface area (TPSA) is 39.2 Å². The van der Waals surface area contributed by atoms with E-state index in [0.717, 1.165) is 22.2 Å². The Balaban J connectivity index is 1.79. The van der Waals surface area contributed by atoms with Crippen LogP contribution in [0.3, 0.4) is 0 Å². The summed E-state index contributed by atoms with van der Waals surface area (Å²) in [5, 5.41) is 0.965. The first-order valence-corrected chi connectivity index (χ1v) is 7.96. The average Bonchev–Trinajstić information content (AvgIpc) is 2.60. The van der Waals surface area contributed by atoms with E-state index in [1.807, 2.05) is 74.5 Å². The number of rotatable bonds is 5. The van der Waals surface area contributed by atoms with Crippen molar-refractivity contribution < 1.29 is 9.53 Å². The largest absolute Gasteiger partial charge is 0.491 e. The maximum absolute atomic E-state index is 12.5. The Morgan fingerprint density at radius 1 is 1.04 bits per heavy atom. The summed E-state index contributed by atoms with van der Waals surface area (Å²) in [5.41, 5.74) is 2.30. The summed E-state index contributed by atoms with van der Waals surface area (Å²) >= 11 is 0. The zero-order chi connectivity index (χ0) is 16.9. The van der Waals surface area contributed by atoms with Crippen LogP contribution in [-0.4, -0.2) is 16.9 Å². The van der Waals surface area contributed by atoms with Crippen LogP contribution < -0.4 is 4.74 Å². The first kappa shape index (κ1) is 15.9. The molecule has 0 amide bonds. The van der Waals surface area contributed by atoms with Gasteiger partial charge in [0.15, 0.2) is 5.78 Å². The van der Waals surface area contributed by atoms with Gasteiger partial charge in [0.25, 0.3) is 0 Å². The molecule has 0 N–H and O–H groups in total. The number of nitrogens with zero attached hydrogens (tertiary/aromatic N) is 1. The minimum atomic E-state index is -0.0539. The second-order valence-corrected chi connectivity index (χ2v) is 5.81. The van der Waals surface area contributed by atoms with E-state index in [9.17, 15) is 4.79 Å². The standard InChI is InChI=1S/C21H19NO2/c1-15(2)24-18-11-8-16(9-12-18)10-13-20(23)19-7-3-5-17-6-4-14-22-21(17)19/h3-15H,1-2H3/b13-10+. The average molecular weight is 317 g/mol. The molecule has 0 aliphatic carbocycles. The molecular weight excluding hydrogens is 298 g/mol. The number of fused-ring (bicyclic) bond motifs is 1. The number of carbonyl (C=O) groups excluding carboxylic acids is 1. The lowest BCUT2D eigenvalue weighted by Crippen LogP contribution is -2.05. The van der Waals surface area contributed by atoms with Gasteiger partial charge < -0.3 is 4.74 Å². The zero-order valence-corrected chi connectivity index (χ0v) is 13.8. The zero-order valence-electron chi connectivity index (χ0n) is 13.8. The molecule has 0 aliphatic rings. The van der Waals surface area contributed by atoms with E-state index < -0.39 is 0 Å². The van der Waals surface area contributed by atoms with E-state index in [0.29, 0.717) is 5.56 Å². The number of pyridine rings is 1. The lowest BCUT2D eigenvalue weighted by atomic mass is 10.0. The SMILES string of the molecule is CC(C)Oc1ccc(/C=C/C(=O)c2cccc3cccnc23)cc1. The van der Waals surface area contributed by atoms with Gasteiger partial charge in [-0.1, -0.05) is 36.4 Å². The molecule has 3 heteroatoms. The summed E-state index contributed by atoms with van der Waals surface area (Å²) in [5.74, 6) is 0.772. The molecule has 24 heavy (non-hydrogen) atoms. The molecule has 3 nitrogen and oxygen atoms in total. The number of allylic oxidation sites excluding steroid dienone is 1. The highest BCUT2D eigenvalue weighted by molar-refractivity contribution is 6.13. The third-order valence-electron chi connectivity index (χ3n) is 3.58. The number of hydrogen-bond acceptors (Lipinski definition) is 3. The predicted octanol–water partition coefficient (Wildman–Crippen LogP) is 4.92. The van der Waals surface area contributed by atoms with Gasteiger partial charge in [-0.2, -0.15) is 0 Å². The van der Waals surface area contributed by atoms with Crippen LogP contribution in [0.4, 0.5) is 0 Å². The van der Waals surface area contributed by atoms with Crippen LogP contribution in [0.5, 0.6) is 5.75 Å². The van der Waals surface area contributed by atoms with Crippen molar-refractivity contribution in [3.63, 3.8) is 0 Å². The van der Waals surface area contributed by atoms with Crippen molar-refractivity contribution in [1.29, 1.82) is 0 Å². The maximum atomic E-state index is 12.5. The lowest BCUT2D eigenvalue weighted by molar-refractivity contribution is 0.104. The first-order valence-electron chi connectivity index (χ1n) is 7.96.